The number of nitrogens with one attached hydrogen (secondary N) is 1. The summed E-state index contributed by atoms with van der Waals surface area (Å²) in [6.45, 7) is 5.11. The van der Waals surface area contributed by atoms with Crippen LogP contribution in [-0.2, 0) is 6.42 Å². The number of aromatic nitrogens is 1. The van der Waals surface area contributed by atoms with Crippen LogP contribution in [0.15, 0.2) is 12.1 Å². The van der Waals surface area contributed by atoms with Crippen molar-refractivity contribution in [2.24, 2.45) is 5.73 Å². The molecule has 0 spiro atoms. The highest BCUT2D eigenvalue weighted by atomic mass is 14.8. The molecule has 16 heavy (non-hydrogen) atoms. The molecule has 0 saturated heterocycles. The van der Waals surface area contributed by atoms with Crippen LogP contribution in [0.3, 0.4) is 0 Å². The third-order valence-corrected chi connectivity index (χ3v) is 3.83. The Labute approximate surface area is 95.8 Å². The Hall–Kier alpha value is -1.28. The van der Waals surface area contributed by atoms with Crippen LogP contribution in [0.1, 0.15) is 34.7 Å². The van der Waals surface area contributed by atoms with E-state index in [1.54, 1.807) is 0 Å². The molecule has 0 amide bonds. The van der Waals surface area contributed by atoms with Crippen molar-refractivity contribution in [1.82, 2.24) is 4.98 Å². The van der Waals surface area contributed by atoms with E-state index in [1.165, 1.54) is 46.1 Å². The molecule has 1 aromatic carbocycles. The topological polar surface area (TPSA) is 41.8 Å². The van der Waals surface area contributed by atoms with E-state index in [9.17, 15) is 0 Å². The van der Waals surface area contributed by atoms with Gasteiger partial charge in [0.1, 0.15) is 0 Å². The summed E-state index contributed by atoms with van der Waals surface area (Å²) in [5.74, 6) is 0.544. The largest absolute Gasteiger partial charge is 0.358 e. The van der Waals surface area contributed by atoms with Crippen LogP contribution in [0.2, 0.25) is 0 Å². The lowest BCUT2D eigenvalue weighted by atomic mass is 10.1. The number of fused-ring (bicyclic) bond motifs is 3. The summed E-state index contributed by atoms with van der Waals surface area (Å²) in [7, 11) is 0. The van der Waals surface area contributed by atoms with E-state index in [2.05, 4.69) is 31.0 Å². The fourth-order valence-corrected chi connectivity index (χ4v) is 3.04. The number of aromatic amines is 1. The van der Waals surface area contributed by atoms with E-state index >= 15 is 0 Å². The lowest BCUT2D eigenvalue weighted by molar-refractivity contribution is 0.675. The van der Waals surface area contributed by atoms with Gasteiger partial charge in [0.05, 0.1) is 0 Å². The van der Waals surface area contributed by atoms with Crippen molar-refractivity contribution in [3.63, 3.8) is 0 Å². The summed E-state index contributed by atoms with van der Waals surface area (Å²) < 4.78 is 0. The van der Waals surface area contributed by atoms with E-state index < -0.39 is 0 Å². The van der Waals surface area contributed by atoms with Crippen molar-refractivity contribution in [1.29, 1.82) is 0 Å². The molecular weight excluding hydrogens is 196 g/mol. The highest BCUT2D eigenvalue weighted by Crippen LogP contribution is 2.38. The lowest BCUT2D eigenvalue weighted by Crippen LogP contribution is -2.09. The molecule has 2 aromatic rings. The second-order valence-electron chi connectivity index (χ2n) is 4.99. The average molecular weight is 214 g/mol. The Bertz CT molecular complexity index is 551. The molecule has 1 aliphatic carbocycles. The van der Waals surface area contributed by atoms with Gasteiger partial charge in [0, 0.05) is 29.1 Å². The van der Waals surface area contributed by atoms with Gasteiger partial charge in [-0.05, 0) is 43.9 Å². The zero-order valence-corrected chi connectivity index (χ0v) is 9.93. The van der Waals surface area contributed by atoms with Crippen molar-refractivity contribution in [3.8, 4) is 0 Å². The van der Waals surface area contributed by atoms with E-state index in [1.807, 2.05) is 0 Å². The first-order valence-corrected chi connectivity index (χ1v) is 6.02. The molecule has 3 rings (SSSR count). The summed E-state index contributed by atoms with van der Waals surface area (Å²) >= 11 is 0. The summed E-state index contributed by atoms with van der Waals surface area (Å²) in [6, 6.07) is 4.54. The second kappa shape index (κ2) is 3.36. The van der Waals surface area contributed by atoms with E-state index in [4.69, 9.17) is 5.73 Å². The van der Waals surface area contributed by atoms with Gasteiger partial charge < -0.3 is 10.7 Å². The van der Waals surface area contributed by atoms with Crippen LogP contribution in [0.4, 0.5) is 0 Å². The van der Waals surface area contributed by atoms with Crippen LogP contribution in [0.5, 0.6) is 0 Å². The molecule has 0 aliphatic heterocycles. The van der Waals surface area contributed by atoms with Crippen LogP contribution < -0.4 is 5.73 Å². The Morgan fingerprint density at radius 1 is 1.38 bits per heavy atom. The Morgan fingerprint density at radius 3 is 2.94 bits per heavy atom. The number of aryl methyl sites for hydroxylation is 3. The van der Waals surface area contributed by atoms with Gasteiger partial charge in [-0.3, -0.25) is 0 Å². The number of nitrogens with two attached hydrogens (primary N) is 1. The molecule has 2 nitrogen and oxygen atoms in total. The maximum atomic E-state index is 5.82. The van der Waals surface area contributed by atoms with Gasteiger partial charge in [-0.25, -0.2) is 0 Å². The number of hydrogen-bond acceptors (Lipinski definition) is 1. The third kappa shape index (κ3) is 1.23. The summed E-state index contributed by atoms with van der Waals surface area (Å²) in [5, 5.41) is 1.42. The molecule has 3 N–H and O–H groups in total. The summed E-state index contributed by atoms with van der Waals surface area (Å²) in [4.78, 5) is 3.59. The molecule has 2 heteroatoms. The predicted molar refractivity (Wildman–Crippen MR) is 67.9 cm³/mol. The highest BCUT2D eigenvalue weighted by molar-refractivity contribution is 5.88. The van der Waals surface area contributed by atoms with Crippen molar-refractivity contribution in [2.75, 3.05) is 6.54 Å². The molecule has 0 radical (unpaired) electrons. The zero-order valence-electron chi connectivity index (χ0n) is 9.93. The van der Waals surface area contributed by atoms with Gasteiger partial charge in [0.2, 0.25) is 0 Å². The highest BCUT2D eigenvalue weighted by Gasteiger charge is 2.25. The molecule has 0 saturated carbocycles. The van der Waals surface area contributed by atoms with Gasteiger partial charge in [-0.1, -0.05) is 11.6 Å². The molecule has 84 valence electrons. The van der Waals surface area contributed by atoms with Crippen LogP contribution >= 0.6 is 0 Å². The number of rotatable bonds is 1. The molecular formula is C14H18N2. The molecule has 1 heterocycles. The minimum Gasteiger partial charge on any atom is -0.358 e. The number of hydrogen-bond donors (Lipinski definition) is 2. The van der Waals surface area contributed by atoms with Gasteiger partial charge in [0.25, 0.3) is 0 Å². The molecule has 0 bridgehead atoms. The summed E-state index contributed by atoms with van der Waals surface area (Å²) in [6.07, 6.45) is 2.39. The Morgan fingerprint density at radius 2 is 2.19 bits per heavy atom. The Kier molecular flexibility index (Phi) is 2.08. The molecule has 1 aromatic heterocycles. The quantitative estimate of drug-likeness (QED) is 0.753. The fourth-order valence-electron chi connectivity index (χ4n) is 3.04. The SMILES string of the molecule is Cc1cc(C)c2[nH]c3c(c2c1)CCC3CN. The first kappa shape index (κ1) is 9.91. The first-order chi connectivity index (χ1) is 7.70. The maximum Gasteiger partial charge on any atom is 0.0488 e. The van der Waals surface area contributed by atoms with E-state index in [0.717, 1.165) is 6.54 Å². The van der Waals surface area contributed by atoms with E-state index in [-0.39, 0.29) is 0 Å². The number of benzene rings is 1. The van der Waals surface area contributed by atoms with Crippen LogP contribution in [0.25, 0.3) is 10.9 Å². The van der Waals surface area contributed by atoms with Crippen molar-refractivity contribution < 1.29 is 0 Å². The minimum atomic E-state index is 0.544. The maximum absolute atomic E-state index is 5.82. The van der Waals surface area contributed by atoms with Crippen molar-refractivity contribution in [3.05, 3.63) is 34.5 Å². The van der Waals surface area contributed by atoms with E-state index in [0.29, 0.717) is 5.92 Å². The molecule has 0 fully saturated rings. The van der Waals surface area contributed by atoms with Gasteiger partial charge in [-0.15, -0.1) is 0 Å². The van der Waals surface area contributed by atoms with Crippen LogP contribution in [-0.4, -0.2) is 11.5 Å². The monoisotopic (exact) mass is 214 g/mol. The number of H-pyrrole nitrogens is 1. The van der Waals surface area contributed by atoms with Crippen LogP contribution in [0, 0.1) is 13.8 Å². The third-order valence-electron chi connectivity index (χ3n) is 3.83. The predicted octanol–water partition coefficient (Wildman–Crippen LogP) is 2.77. The summed E-state index contributed by atoms with van der Waals surface area (Å²) in [5.41, 5.74) is 12.7. The first-order valence-electron chi connectivity index (χ1n) is 6.02. The molecule has 1 atom stereocenters. The fraction of sp³-hybridized carbons (Fsp3) is 0.429. The smallest absolute Gasteiger partial charge is 0.0488 e. The van der Waals surface area contributed by atoms with Crippen molar-refractivity contribution in [2.45, 2.75) is 32.6 Å². The van der Waals surface area contributed by atoms with Gasteiger partial charge in [-0.2, -0.15) is 0 Å². The van der Waals surface area contributed by atoms with Crippen molar-refractivity contribution >= 4 is 10.9 Å². The normalized spacial score (nSPS) is 19.3. The second-order valence-corrected chi connectivity index (χ2v) is 4.99. The zero-order chi connectivity index (χ0) is 11.3. The van der Waals surface area contributed by atoms with Gasteiger partial charge >= 0.3 is 0 Å². The Balaban J connectivity index is 2.31. The minimum absolute atomic E-state index is 0.544. The lowest BCUT2D eigenvalue weighted by Gasteiger charge is -2.05. The molecule has 1 unspecified atom stereocenters. The van der Waals surface area contributed by atoms with Gasteiger partial charge in [0.15, 0.2) is 0 Å². The molecule has 1 aliphatic rings. The average Bonchev–Trinajstić information content (AvgIpc) is 2.77. The standard InChI is InChI=1S/C14H18N2/c1-8-5-9(2)13-12(6-8)11-4-3-10(7-15)14(11)16-13/h5-6,10,16H,3-4,7,15H2,1-2H3.